The van der Waals surface area contributed by atoms with Crippen molar-refractivity contribution in [2.75, 3.05) is 17.2 Å². The number of hydrogen-bond donors (Lipinski definition) is 3. The van der Waals surface area contributed by atoms with E-state index in [-0.39, 0.29) is 24.9 Å². The summed E-state index contributed by atoms with van der Waals surface area (Å²) in [6.07, 6.45) is 0.206. The van der Waals surface area contributed by atoms with Gasteiger partial charge in [-0.1, -0.05) is 34.1 Å². The zero-order valence-electron chi connectivity index (χ0n) is 12.7. The van der Waals surface area contributed by atoms with Crippen LogP contribution >= 0.6 is 15.9 Å². The number of hydrogen-bond acceptors (Lipinski definition) is 2. The normalized spacial score (nSPS) is 10.0. The molecule has 6 heteroatoms. The molecule has 120 valence electrons. The van der Waals surface area contributed by atoms with Crippen molar-refractivity contribution in [1.82, 2.24) is 5.32 Å². The monoisotopic (exact) mass is 375 g/mol. The lowest BCUT2D eigenvalue weighted by atomic mass is 10.2. The van der Waals surface area contributed by atoms with E-state index in [1.165, 1.54) is 0 Å². The first-order valence-electron chi connectivity index (χ1n) is 7.20. The highest BCUT2D eigenvalue weighted by atomic mass is 79.9. The van der Waals surface area contributed by atoms with E-state index in [2.05, 4.69) is 31.9 Å². The van der Waals surface area contributed by atoms with Gasteiger partial charge in [-0.25, -0.2) is 4.79 Å². The standard InChI is InChI=1S/C17H18BrN3O2/c1-12-11-13(18)7-8-15(12)21-16(22)9-10-19-17(23)20-14-5-3-2-4-6-14/h2-8,11H,9-10H2,1H3,(H,21,22)(H2,19,20,23). The fourth-order valence-corrected chi connectivity index (χ4v) is 2.44. The molecule has 0 unspecified atom stereocenters. The second-order valence-electron chi connectivity index (χ2n) is 5.00. The molecule has 3 amide bonds. The van der Waals surface area contributed by atoms with Gasteiger partial charge in [-0.15, -0.1) is 0 Å². The minimum atomic E-state index is -0.330. The molecule has 5 nitrogen and oxygen atoms in total. The Kier molecular flexibility index (Phi) is 6.17. The van der Waals surface area contributed by atoms with Crippen molar-refractivity contribution in [3.63, 3.8) is 0 Å². The van der Waals surface area contributed by atoms with Gasteiger partial charge >= 0.3 is 6.03 Å². The number of urea groups is 1. The average Bonchev–Trinajstić information content (AvgIpc) is 2.51. The molecule has 3 N–H and O–H groups in total. The number of rotatable bonds is 5. The third kappa shape index (κ3) is 5.75. The highest BCUT2D eigenvalue weighted by Gasteiger charge is 2.06. The highest BCUT2D eigenvalue weighted by molar-refractivity contribution is 9.10. The predicted octanol–water partition coefficient (Wildman–Crippen LogP) is 3.91. The minimum absolute atomic E-state index is 0.143. The molecule has 0 saturated heterocycles. The lowest BCUT2D eigenvalue weighted by Crippen LogP contribution is -2.31. The summed E-state index contributed by atoms with van der Waals surface area (Å²) in [4.78, 5) is 23.6. The summed E-state index contributed by atoms with van der Waals surface area (Å²) >= 11 is 3.38. The lowest BCUT2D eigenvalue weighted by molar-refractivity contribution is -0.116. The minimum Gasteiger partial charge on any atom is -0.337 e. The Hall–Kier alpha value is -2.34. The molecule has 2 aromatic rings. The Morgan fingerprint density at radius 2 is 1.78 bits per heavy atom. The number of nitrogens with one attached hydrogen (secondary N) is 3. The third-order valence-corrected chi connectivity index (χ3v) is 3.63. The molecular formula is C17H18BrN3O2. The largest absolute Gasteiger partial charge is 0.337 e. The Morgan fingerprint density at radius 3 is 2.48 bits per heavy atom. The van der Waals surface area contributed by atoms with Gasteiger partial charge in [-0.2, -0.15) is 0 Å². The predicted molar refractivity (Wildman–Crippen MR) is 95.6 cm³/mol. The van der Waals surface area contributed by atoms with Gasteiger partial charge in [0.1, 0.15) is 0 Å². The van der Waals surface area contributed by atoms with Gasteiger partial charge in [0.15, 0.2) is 0 Å². The third-order valence-electron chi connectivity index (χ3n) is 3.13. The maximum atomic E-state index is 11.9. The summed E-state index contributed by atoms with van der Waals surface area (Å²) < 4.78 is 0.965. The summed E-state index contributed by atoms with van der Waals surface area (Å²) in [6.45, 7) is 2.19. The summed E-state index contributed by atoms with van der Waals surface area (Å²) in [5.41, 5.74) is 2.45. The van der Waals surface area contributed by atoms with Gasteiger partial charge in [-0.05, 0) is 42.8 Å². The molecule has 0 heterocycles. The molecule has 0 aliphatic rings. The maximum Gasteiger partial charge on any atom is 0.319 e. The number of amides is 3. The molecule has 0 aromatic heterocycles. The number of anilines is 2. The number of halogens is 1. The van der Waals surface area contributed by atoms with E-state index in [1.54, 1.807) is 12.1 Å². The van der Waals surface area contributed by atoms with Crippen LogP contribution in [0.1, 0.15) is 12.0 Å². The van der Waals surface area contributed by atoms with E-state index >= 15 is 0 Å². The molecule has 2 aromatic carbocycles. The second-order valence-corrected chi connectivity index (χ2v) is 5.92. The second kappa shape index (κ2) is 8.33. The smallest absolute Gasteiger partial charge is 0.319 e. The number of aryl methyl sites for hydroxylation is 1. The maximum absolute atomic E-state index is 11.9. The quantitative estimate of drug-likeness (QED) is 0.741. The van der Waals surface area contributed by atoms with E-state index in [0.29, 0.717) is 5.69 Å². The van der Waals surface area contributed by atoms with Crippen LogP contribution in [0.3, 0.4) is 0 Å². The summed E-state index contributed by atoms with van der Waals surface area (Å²) in [6, 6.07) is 14.4. The Balaban J connectivity index is 1.73. The summed E-state index contributed by atoms with van der Waals surface area (Å²) in [7, 11) is 0. The van der Waals surface area contributed by atoms with Crippen LogP contribution in [0.5, 0.6) is 0 Å². The van der Waals surface area contributed by atoms with E-state index in [0.717, 1.165) is 15.7 Å². The molecule has 0 radical (unpaired) electrons. The van der Waals surface area contributed by atoms with Crippen LogP contribution in [-0.2, 0) is 4.79 Å². The van der Waals surface area contributed by atoms with Gasteiger partial charge in [0.05, 0.1) is 0 Å². The van der Waals surface area contributed by atoms with Gasteiger partial charge < -0.3 is 16.0 Å². The van der Waals surface area contributed by atoms with Gasteiger partial charge in [0.25, 0.3) is 0 Å². The zero-order chi connectivity index (χ0) is 16.7. The van der Waals surface area contributed by atoms with E-state index in [9.17, 15) is 9.59 Å². The Morgan fingerprint density at radius 1 is 1.04 bits per heavy atom. The molecule has 0 aliphatic heterocycles. The van der Waals surface area contributed by atoms with Crippen LogP contribution < -0.4 is 16.0 Å². The fourth-order valence-electron chi connectivity index (χ4n) is 1.97. The Labute approximate surface area is 143 Å². The van der Waals surface area contributed by atoms with Gasteiger partial charge in [0.2, 0.25) is 5.91 Å². The first-order valence-corrected chi connectivity index (χ1v) is 8.00. The fraction of sp³-hybridized carbons (Fsp3) is 0.176. The van der Waals surface area contributed by atoms with Crippen LogP contribution in [0, 0.1) is 6.92 Å². The van der Waals surface area contributed by atoms with Crippen LogP contribution in [0.15, 0.2) is 53.0 Å². The van der Waals surface area contributed by atoms with Crippen molar-refractivity contribution in [2.24, 2.45) is 0 Å². The first-order chi connectivity index (χ1) is 11.0. The van der Waals surface area contributed by atoms with E-state index < -0.39 is 0 Å². The van der Waals surface area contributed by atoms with Crippen LogP contribution in [0.4, 0.5) is 16.2 Å². The molecule has 0 aliphatic carbocycles. The molecule has 2 rings (SSSR count). The van der Waals surface area contributed by atoms with Gasteiger partial charge in [0, 0.05) is 28.8 Å². The van der Waals surface area contributed by atoms with Crippen LogP contribution in [-0.4, -0.2) is 18.5 Å². The number of carbonyl (C=O) groups is 2. The van der Waals surface area contributed by atoms with Crippen molar-refractivity contribution in [2.45, 2.75) is 13.3 Å². The van der Waals surface area contributed by atoms with Crippen LogP contribution in [0.25, 0.3) is 0 Å². The molecule has 0 saturated carbocycles. The number of benzene rings is 2. The first kappa shape index (κ1) is 17.0. The molecule has 0 bridgehead atoms. The SMILES string of the molecule is Cc1cc(Br)ccc1NC(=O)CCNC(=O)Nc1ccccc1. The summed E-state index contributed by atoms with van der Waals surface area (Å²) in [5, 5.41) is 8.18. The van der Waals surface area contributed by atoms with Crippen molar-refractivity contribution < 1.29 is 9.59 Å². The number of para-hydroxylation sites is 1. The zero-order valence-corrected chi connectivity index (χ0v) is 14.3. The highest BCUT2D eigenvalue weighted by Crippen LogP contribution is 2.20. The van der Waals surface area contributed by atoms with E-state index in [1.807, 2.05) is 43.3 Å². The van der Waals surface area contributed by atoms with Crippen molar-refractivity contribution in [3.05, 3.63) is 58.6 Å². The topological polar surface area (TPSA) is 70.2 Å². The van der Waals surface area contributed by atoms with Crippen molar-refractivity contribution in [1.29, 1.82) is 0 Å². The van der Waals surface area contributed by atoms with E-state index in [4.69, 9.17) is 0 Å². The molecule has 0 spiro atoms. The summed E-state index contributed by atoms with van der Waals surface area (Å²) in [5.74, 6) is -0.143. The molecule has 0 atom stereocenters. The lowest BCUT2D eigenvalue weighted by Gasteiger charge is -2.10. The Bertz CT molecular complexity index is 689. The van der Waals surface area contributed by atoms with Crippen molar-refractivity contribution >= 4 is 39.2 Å². The molecule has 23 heavy (non-hydrogen) atoms. The average molecular weight is 376 g/mol. The van der Waals surface area contributed by atoms with Crippen LogP contribution in [0.2, 0.25) is 0 Å². The van der Waals surface area contributed by atoms with Crippen molar-refractivity contribution in [3.8, 4) is 0 Å². The molecule has 0 fully saturated rings. The molecular weight excluding hydrogens is 358 g/mol. The number of carbonyl (C=O) groups excluding carboxylic acids is 2. The van der Waals surface area contributed by atoms with Gasteiger partial charge in [-0.3, -0.25) is 4.79 Å².